The van der Waals surface area contributed by atoms with Gasteiger partial charge in [0.1, 0.15) is 5.01 Å². The van der Waals surface area contributed by atoms with Crippen LogP contribution in [-0.2, 0) is 27.5 Å². The fourth-order valence-corrected chi connectivity index (χ4v) is 5.97. The van der Waals surface area contributed by atoms with Crippen molar-refractivity contribution in [2.24, 2.45) is 0 Å². The average Bonchev–Trinajstić information content (AvgIpc) is 3.15. The van der Waals surface area contributed by atoms with Gasteiger partial charge in [0, 0.05) is 11.1 Å². The van der Waals surface area contributed by atoms with Gasteiger partial charge in [-0.25, -0.2) is 18.1 Å². The number of alkyl halides is 3. The zero-order chi connectivity index (χ0) is 19.0. The molecular formula is C17H19F3N2O2S2. The molecule has 0 aliphatic heterocycles. The lowest BCUT2D eigenvalue weighted by Crippen LogP contribution is -2.44. The molecule has 1 saturated carbocycles. The lowest BCUT2D eigenvalue weighted by atomic mass is 10.0. The van der Waals surface area contributed by atoms with E-state index in [4.69, 9.17) is 0 Å². The molecule has 0 amide bonds. The van der Waals surface area contributed by atoms with Crippen molar-refractivity contribution < 1.29 is 21.6 Å². The summed E-state index contributed by atoms with van der Waals surface area (Å²) in [5.41, 5.74) is -0.667. The van der Waals surface area contributed by atoms with Crippen LogP contribution in [0.25, 0.3) is 0 Å². The van der Waals surface area contributed by atoms with Crippen molar-refractivity contribution in [1.29, 1.82) is 0 Å². The topological polar surface area (TPSA) is 59.1 Å². The molecule has 142 valence electrons. The number of nitrogens with one attached hydrogen (secondary N) is 1. The molecule has 0 radical (unpaired) electrons. The minimum absolute atomic E-state index is 0.107. The Balaban J connectivity index is 1.84. The Bertz CT molecular complexity index is 885. The second kappa shape index (κ2) is 6.94. The summed E-state index contributed by atoms with van der Waals surface area (Å²) in [4.78, 5) is 4.45. The van der Waals surface area contributed by atoms with E-state index in [1.54, 1.807) is 0 Å². The van der Waals surface area contributed by atoms with Crippen molar-refractivity contribution in [3.8, 4) is 0 Å². The summed E-state index contributed by atoms with van der Waals surface area (Å²) < 4.78 is 66.6. The second-order valence-corrected chi connectivity index (χ2v) is 9.22. The Morgan fingerprint density at radius 3 is 2.54 bits per heavy atom. The van der Waals surface area contributed by atoms with Gasteiger partial charge < -0.3 is 0 Å². The molecule has 1 N–H and O–H groups in total. The number of hydrogen-bond acceptors (Lipinski definition) is 4. The monoisotopic (exact) mass is 404 g/mol. The van der Waals surface area contributed by atoms with Crippen molar-refractivity contribution in [3.05, 3.63) is 51.5 Å². The number of nitrogens with zero attached hydrogens (tertiary/aromatic N) is 1. The van der Waals surface area contributed by atoms with E-state index in [1.807, 2.05) is 12.3 Å². The minimum Gasteiger partial charge on any atom is -0.245 e. The Labute approximate surface area is 154 Å². The number of aromatic nitrogens is 1. The highest BCUT2D eigenvalue weighted by Crippen LogP contribution is 2.41. The fraction of sp³-hybridized carbons (Fsp3) is 0.471. The maximum absolute atomic E-state index is 12.8. The number of thiazole rings is 1. The molecule has 1 fully saturated rings. The molecule has 1 heterocycles. The number of sulfonamides is 1. The van der Waals surface area contributed by atoms with Gasteiger partial charge in [-0.1, -0.05) is 31.0 Å². The fourth-order valence-electron chi connectivity index (χ4n) is 3.30. The molecule has 1 aromatic carbocycles. The SMILES string of the molecule is Cc1csc(C2(NS(=O)(=O)Cc3cccc(C(F)(F)F)c3)CCCC2)n1. The molecule has 1 aromatic heterocycles. The van der Waals surface area contributed by atoms with Crippen LogP contribution in [0.4, 0.5) is 13.2 Å². The first-order valence-electron chi connectivity index (χ1n) is 8.20. The van der Waals surface area contributed by atoms with Gasteiger partial charge in [-0.05, 0) is 31.4 Å². The smallest absolute Gasteiger partial charge is 0.245 e. The Morgan fingerprint density at radius 1 is 1.27 bits per heavy atom. The number of benzene rings is 1. The van der Waals surface area contributed by atoms with Gasteiger partial charge in [0.15, 0.2) is 0 Å². The van der Waals surface area contributed by atoms with Crippen LogP contribution in [0.5, 0.6) is 0 Å². The van der Waals surface area contributed by atoms with Crippen molar-refractivity contribution in [2.45, 2.75) is 50.1 Å². The minimum atomic E-state index is -4.50. The van der Waals surface area contributed by atoms with Gasteiger partial charge in [-0.3, -0.25) is 0 Å². The predicted molar refractivity (Wildman–Crippen MR) is 94.2 cm³/mol. The number of hydrogen-bond donors (Lipinski definition) is 1. The summed E-state index contributed by atoms with van der Waals surface area (Å²) in [6.45, 7) is 1.85. The summed E-state index contributed by atoms with van der Waals surface area (Å²) >= 11 is 1.41. The Hall–Kier alpha value is -1.45. The van der Waals surface area contributed by atoms with Crippen molar-refractivity contribution in [2.75, 3.05) is 0 Å². The first-order chi connectivity index (χ1) is 12.1. The van der Waals surface area contributed by atoms with Crippen molar-refractivity contribution in [1.82, 2.24) is 9.71 Å². The molecule has 26 heavy (non-hydrogen) atoms. The molecule has 9 heteroatoms. The van der Waals surface area contributed by atoms with Gasteiger partial charge in [0.05, 0.1) is 16.9 Å². The summed E-state index contributed by atoms with van der Waals surface area (Å²) in [7, 11) is -3.83. The summed E-state index contributed by atoms with van der Waals surface area (Å²) in [6.07, 6.45) is -1.46. The molecule has 1 aliphatic carbocycles. The van der Waals surface area contributed by atoms with E-state index in [1.165, 1.54) is 23.5 Å². The first-order valence-corrected chi connectivity index (χ1v) is 10.7. The van der Waals surface area contributed by atoms with E-state index in [2.05, 4.69) is 9.71 Å². The van der Waals surface area contributed by atoms with E-state index in [0.717, 1.165) is 35.7 Å². The van der Waals surface area contributed by atoms with Crippen LogP contribution in [0.1, 0.15) is 47.5 Å². The molecule has 0 saturated heterocycles. The van der Waals surface area contributed by atoms with Crippen LogP contribution < -0.4 is 4.72 Å². The van der Waals surface area contributed by atoms with Crippen molar-refractivity contribution >= 4 is 21.4 Å². The van der Waals surface area contributed by atoms with Gasteiger partial charge in [0.2, 0.25) is 10.0 Å². The normalized spacial score (nSPS) is 17.5. The molecule has 1 aliphatic rings. The zero-order valence-corrected chi connectivity index (χ0v) is 15.8. The lowest BCUT2D eigenvalue weighted by Gasteiger charge is -2.28. The number of rotatable bonds is 5. The third-order valence-corrected chi connectivity index (χ3v) is 7.03. The zero-order valence-electron chi connectivity index (χ0n) is 14.1. The van der Waals surface area contributed by atoms with E-state index < -0.39 is 33.1 Å². The quantitative estimate of drug-likeness (QED) is 0.806. The first kappa shape index (κ1) is 19.3. The Morgan fingerprint density at radius 2 is 1.96 bits per heavy atom. The van der Waals surface area contributed by atoms with E-state index in [0.29, 0.717) is 12.8 Å². The van der Waals surface area contributed by atoms with Gasteiger partial charge >= 0.3 is 6.18 Å². The van der Waals surface area contributed by atoms with Crippen LogP contribution >= 0.6 is 11.3 Å². The van der Waals surface area contributed by atoms with Gasteiger partial charge in [-0.15, -0.1) is 11.3 Å². The largest absolute Gasteiger partial charge is 0.416 e. The summed E-state index contributed by atoms with van der Waals surface area (Å²) in [5, 5.41) is 2.59. The molecule has 0 bridgehead atoms. The van der Waals surface area contributed by atoms with Gasteiger partial charge in [0.25, 0.3) is 0 Å². The van der Waals surface area contributed by atoms with Crippen molar-refractivity contribution in [3.63, 3.8) is 0 Å². The lowest BCUT2D eigenvalue weighted by molar-refractivity contribution is -0.137. The highest BCUT2D eigenvalue weighted by molar-refractivity contribution is 7.88. The number of aryl methyl sites for hydroxylation is 1. The van der Waals surface area contributed by atoms with Crippen LogP contribution in [0.15, 0.2) is 29.6 Å². The number of halogens is 3. The third-order valence-electron chi connectivity index (χ3n) is 4.45. The van der Waals surface area contributed by atoms with Crippen LogP contribution in [0.2, 0.25) is 0 Å². The van der Waals surface area contributed by atoms with Gasteiger partial charge in [-0.2, -0.15) is 13.2 Å². The van der Waals surface area contributed by atoms with Crippen LogP contribution in [-0.4, -0.2) is 13.4 Å². The van der Waals surface area contributed by atoms with Crippen LogP contribution in [0, 0.1) is 6.92 Å². The predicted octanol–water partition coefficient (Wildman–Crippen LogP) is 4.36. The van der Waals surface area contributed by atoms with E-state index in [9.17, 15) is 21.6 Å². The van der Waals surface area contributed by atoms with E-state index in [-0.39, 0.29) is 5.56 Å². The molecule has 0 atom stereocenters. The molecule has 0 unspecified atom stereocenters. The van der Waals surface area contributed by atoms with E-state index >= 15 is 0 Å². The maximum atomic E-state index is 12.8. The van der Waals surface area contributed by atoms with Crippen LogP contribution in [0.3, 0.4) is 0 Å². The molecule has 2 aromatic rings. The summed E-state index contributed by atoms with van der Waals surface area (Å²) in [6, 6.07) is 4.43. The molecule has 3 rings (SSSR count). The maximum Gasteiger partial charge on any atom is 0.416 e. The average molecular weight is 404 g/mol. The highest BCUT2D eigenvalue weighted by Gasteiger charge is 2.41. The second-order valence-electron chi connectivity index (χ2n) is 6.64. The molecule has 0 spiro atoms. The summed E-state index contributed by atoms with van der Waals surface area (Å²) in [5.74, 6) is -0.497. The Kier molecular flexibility index (Phi) is 5.15. The molecular weight excluding hydrogens is 385 g/mol. The molecule has 4 nitrogen and oxygen atoms in total. The highest BCUT2D eigenvalue weighted by atomic mass is 32.2. The third kappa shape index (κ3) is 4.27. The standard InChI is InChI=1S/C17H19F3N2O2S2/c1-12-10-25-15(21-12)16(7-2-3-8-16)22-26(23,24)11-13-5-4-6-14(9-13)17(18,19)20/h4-6,9-10,22H,2-3,7-8,11H2,1H3.